The van der Waals surface area contributed by atoms with E-state index in [4.69, 9.17) is 4.74 Å². The van der Waals surface area contributed by atoms with Gasteiger partial charge in [0, 0.05) is 17.8 Å². The lowest BCUT2D eigenvalue weighted by Gasteiger charge is -2.23. The average molecular weight is 407 g/mol. The van der Waals surface area contributed by atoms with Gasteiger partial charge in [0.1, 0.15) is 0 Å². The number of nitrogens with zero attached hydrogens (tertiary/aromatic N) is 2. The molecule has 1 saturated heterocycles. The minimum Gasteiger partial charge on any atom is -0.498 e. The molecule has 1 unspecified atom stereocenters. The van der Waals surface area contributed by atoms with E-state index in [1.807, 2.05) is 13.0 Å². The second kappa shape index (κ2) is 7.38. The van der Waals surface area contributed by atoms with Crippen molar-refractivity contribution in [3.8, 4) is 0 Å². The van der Waals surface area contributed by atoms with Crippen LogP contribution in [-0.4, -0.2) is 16.2 Å². The number of benzene rings is 1. The number of hydrogen-bond donors (Lipinski definition) is 1. The number of rotatable bonds is 4. The van der Waals surface area contributed by atoms with Crippen LogP contribution < -0.4 is 10.9 Å². The van der Waals surface area contributed by atoms with Gasteiger partial charge in [0.25, 0.3) is 0 Å². The van der Waals surface area contributed by atoms with Crippen LogP contribution in [0, 0.1) is 29.2 Å². The van der Waals surface area contributed by atoms with Crippen molar-refractivity contribution in [1.29, 1.82) is 0 Å². The molecule has 4 rings (SSSR count). The summed E-state index contributed by atoms with van der Waals surface area (Å²) in [6.45, 7) is 2.28. The monoisotopic (exact) mass is 407 g/mol. The normalized spacial score (nSPS) is 18.4. The summed E-state index contributed by atoms with van der Waals surface area (Å²) in [6.07, 6.45) is 4.29. The minimum absolute atomic E-state index is 0.0201. The summed E-state index contributed by atoms with van der Waals surface area (Å²) in [7, 11) is 0. The number of anilines is 1. The van der Waals surface area contributed by atoms with E-state index < -0.39 is 28.8 Å². The molecule has 0 bridgehead atoms. The van der Waals surface area contributed by atoms with Gasteiger partial charge in [-0.2, -0.15) is 9.37 Å². The van der Waals surface area contributed by atoms with Crippen LogP contribution in [0.15, 0.2) is 46.2 Å². The number of nitrogens with one attached hydrogen (secondary N) is 1. The standard InChI is InChI=1S/C20H17F4N3O2/c1-10-4-17-12(2-3-29-17)7-16(10)25-20-26-19(28)15(23)9-27(20)8-11-5-13(21)18(24)14(22)6-11/h4-6,9,12H,2-3,7-8H2,1H3,(H,25,26,28). The lowest BCUT2D eigenvalue weighted by Crippen LogP contribution is -2.23. The molecule has 1 aliphatic carbocycles. The lowest BCUT2D eigenvalue weighted by molar-refractivity contribution is 0.257. The summed E-state index contributed by atoms with van der Waals surface area (Å²) >= 11 is 0. The summed E-state index contributed by atoms with van der Waals surface area (Å²) in [5, 5.41) is 3.04. The van der Waals surface area contributed by atoms with Gasteiger partial charge in [-0.3, -0.25) is 4.79 Å². The van der Waals surface area contributed by atoms with Crippen LogP contribution in [0.2, 0.25) is 0 Å². The van der Waals surface area contributed by atoms with Gasteiger partial charge >= 0.3 is 5.56 Å². The van der Waals surface area contributed by atoms with Gasteiger partial charge in [-0.15, -0.1) is 0 Å². The number of ether oxygens (including phenoxy) is 1. The van der Waals surface area contributed by atoms with E-state index >= 15 is 0 Å². The van der Waals surface area contributed by atoms with Gasteiger partial charge < -0.3 is 14.6 Å². The Bertz CT molecular complexity index is 1080. The molecule has 0 spiro atoms. The summed E-state index contributed by atoms with van der Waals surface area (Å²) in [5.74, 6) is -4.26. The third-order valence-electron chi connectivity index (χ3n) is 5.03. The van der Waals surface area contributed by atoms with Crippen LogP contribution in [0.4, 0.5) is 23.5 Å². The van der Waals surface area contributed by atoms with E-state index in [2.05, 4.69) is 10.3 Å². The SMILES string of the molecule is CC1=C(Nc2nc(=O)c(F)cn2Cc2cc(F)c(F)c(F)c2)CC2CCOC2=C1. The van der Waals surface area contributed by atoms with Crippen LogP contribution in [0.5, 0.6) is 0 Å². The number of aromatic nitrogens is 2. The fourth-order valence-electron chi connectivity index (χ4n) is 3.52. The Morgan fingerprint density at radius 3 is 2.66 bits per heavy atom. The zero-order chi connectivity index (χ0) is 20.7. The van der Waals surface area contributed by atoms with Crippen molar-refractivity contribution in [2.45, 2.75) is 26.3 Å². The van der Waals surface area contributed by atoms with E-state index in [0.29, 0.717) is 13.0 Å². The van der Waals surface area contributed by atoms with Crippen LogP contribution in [-0.2, 0) is 11.3 Å². The molecule has 1 aromatic carbocycles. The molecule has 5 nitrogen and oxygen atoms in total. The first-order valence-corrected chi connectivity index (χ1v) is 9.03. The van der Waals surface area contributed by atoms with Gasteiger partial charge in [0.15, 0.2) is 17.5 Å². The molecular formula is C20H17F4N3O2. The Morgan fingerprint density at radius 2 is 1.93 bits per heavy atom. The summed E-state index contributed by atoms with van der Waals surface area (Å²) in [6, 6.07) is 1.63. The summed E-state index contributed by atoms with van der Waals surface area (Å²) in [5.41, 5.74) is 0.653. The van der Waals surface area contributed by atoms with Crippen molar-refractivity contribution >= 4 is 5.95 Å². The predicted octanol–water partition coefficient (Wildman–Crippen LogP) is 3.86. The first-order valence-electron chi connectivity index (χ1n) is 9.03. The van der Waals surface area contributed by atoms with Gasteiger partial charge in [-0.1, -0.05) is 0 Å². The van der Waals surface area contributed by atoms with E-state index in [1.165, 1.54) is 4.57 Å². The van der Waals surface area contributed by atoms with E-state index in [9.17, 15) is 22.4 Å². The van der Waals surface area contributed by atoms with Crippen LogP contribution in [0.25, 0.3) is 0 Å². The lowest BCUT2D eigenvalue weighted by atomic mass is 9.92. The maximum absolute atomic E-state index is 13.8. The molecule has 152 valence electrons. The van der Waals surface area contributed by atoms with Crippen molar-refractivity contribution in [3.05, 3.63) is 80.6 Å². The number of halogens is 4. The van der Waals surface area contributed by atoms with Gasteiger partial charge in [0.05, 0.1) is 18.9 Å². The molecule has 1 N–H and O–H groups in total. The Labute approximate surface area is 163 Å². The van der Waals surface area contributed by atoms with Crippen molar-refractivity contribution in [2.24, 2.45) is 5.92 Å². The highest BCUT2D eigenvalue weighted by molar-refractivity contribution is 5.44. The fourth-order valence-corrected chi connectivity index (χ4v) is 3.52. The number of hydrogen-bond acceptors (Lipinski definition) is 4. The molecule has 1 atom stereocenters. The maximum Gasteiger partial charge on any atom is 0.310 e. The maximum atomic E-state index is 13.8. The Balaban J connectivity index is 1.68. The van der Waals surface area contributed by atoms with Crippen molar-refractivity contribution in [2.75, 3.05) is 11.9 Å². The third-order valence-corrected chi connectivity index (χ3v) is 5.03. The fraction of sp³-hybridized carbons (Fsp3) is 0.300. The third kappa shape index (κ3) is 3.76. The summed E-state index contributed by atoms with van der Waals surface area (Å²) < 4.78 is 60.9. The Hall–Kier alpha value is -3.10. The molecule has 0 amide bonds. The molecule has 2 aromatic rings. The number of allylic oxidation sites excluding steroid dienone is 4. The van der Waals surface area contributed by atoms with E-state index in [-0.39, 0.29) is 24.0 Å². The molecule has 1 aliphatic heterocycles. The smallest absolute Gasteiger partial charge is 0.310 e. The van der Waals surface area contributed by atoms with Crippen LogP contribution in [0.3, 0.4) is 0 Å². The summed E-state index contributed by atoms with van der Waals surface area (Å²) in [4.78, 5) is 15.5. The largest absolute Gasteiger partial charge is 0.498 e. The number of fused-ring (bicyclic) bond motifs is 1. The van der Waals surface area contributed by atoms with Crippen molar-refractivity contribution < 1.29 is 22.3 Å². The molecule has 9 heteroatoms. The molecule has 0 saturated carbocycles. The zero-order valence-corrected chi connectivity index (χ0v) is 15.4. The average Bonchev–Trinajstić information content (AvgIpc) is 3.11. The second-order valence-corrected chi connectivity index (χ2v) is 7.09. The van der Waals surface area contributed by atoms with Crippen LogP contribution >= 0.6 is 0 Å². The molecular weight excluding hydrogens is 390 g/mol. The molecule has 1 aromatic heterocycles. The van der Waals surface area contributed by atoms with Crippen LogP contribution in [0.1, 0.15) is 25.3 Å². The molecule has 2 aliphatic rings. The van der Waals surface area contributed by atoms with E-state index in [1.54, 1.807) is 0 Å². The van der Waals surface area contributed by atoms with Gasteiger partial charge in [-0.05, 0) is 49.1 Å². The molecule has 2 heterocycles. The molecule has 0 radical (unpaired) electrons. The van der Waals surface area contributed by atoms with Gasteiger partial charge in [0.2, 0.25) is 11.8 Å². The van der Waals surface area contributed by atoms with Gasteiger partial charge in [-0.25, -0.2) is 13.2 Å². The van der Waals surface area contributed by atoms with E-state index in [0.717, 1.165) is 41.8 Å². The highest BCUT2D eigenvalue weighted by atomic mass is 19.2. The molecule has 1 fully saturated rings. The molecule has 29 heavy (non-hydrogen) atoms. The highest BCUT2D eigenvalue weighted by Crippen LogP contribution is 2.36. The quantitative estimate of drug-likeness (QED) is 0.618. The van der Waals surface area contributed by atoms with Crippen molar-refractivity contribution in [3.63, 3.8) is 0 Å². The minimum atomic E-state index is -1.58. The zero-order valence-electron chi connectivity index (χ0n) is 15.4. The topological polar surface area (TPSA) is 56.2 Å². The highest BCUT2D eigenvalue weighted by Gasteiger charge is 2.28. The first-order chi connectivity index (χ1) is 13.8. The Morgan fingerprint density at radius 1 is 1.21 bits per heavy atom. The predicted molar refractivity (Wildman–Crippen MR) is 97.0 cm³/mol. The second-order valence-electron chi connectivity index (χ2n) is 7.09. The van der Waals surface area contributed by atoms with Crippen molar-refractivity contribution in [1.82, 2.24) is 9.55 Å². The first kappa shape index (κ1) is 19.2. The Kier molecular flexibility index (Phi) is 4.89.